The van der Waals surface area contributed by atoms with Gasteiger partial charge >= 0.3 is 0 Å². The smallest absolute Gasteiger partial charge is 0.0629 e. The van der Waals surface area contributed by atoms with Crippen molar-refractivity contribution < 1.29 is 6.85 Å². The van der Waals surface area contributed by atoms with Gasteiger partial charge in [0.05, 0.1) is 6.85 Å². The Labute approximate surface area is 291 Å². The molecule has 9 aromatic rings. The van der Waals surface area contributed by atoms with E-state index in [1.807, 2.05) is 36.0 Å². The van der Waals surface area contributed by atoms with Crippen LogP contribution in [0.3, 0.4) is 0 Å². The van der Waals surface area contributed by atoms with Crippen LogP contribution in [0.25, 0.3) is 65.3 Å². The normalized spacial score (nSPS) is 14.3. The highest BCUT2D eigenvalue weighted by Crippen LogP contribution is 2.57. The van der Waals surface area contributed by atoms with Gasteiger partial charge < -0.3 is 0 Å². The molecule has 0 saturated heterocycles. The van der Waals surface area contributed by atoms with Gasteiger partial charge in [0.25, 0.3) is 0 Å². The standard InChI is InChI=1S/C47H30S/c1-2-12-30(13-3-1)31-22-24-32(25-23-31)33-26-28-34(29-27-33)43-44-39-18-8-4-14-35(39)37-16-6-10-20-41(37)46(44)48-47-42-21-11-7-17-38(42)36-15-5-9-19-40(36)45(43)47/h1-29,43H/i1D,2D,3D,12D,13D. The molecular weight excluding hydrogens is 597 g/mol. The van der Waals surface area contributed by atoms with Gasteiger partial charge in [0.2, 0.25) is 0 Å². The Kier molecular flexibility index (Phi) is 5.22. The summed E-state index contributed by atoms with van der Waals surface area (Å²) in [6.45, 7) is 0. The Balaban J connectivity index is 1.18. The lowest BCUT2D eigenvalue weighted by molar-refractivity contribution is 0.938. The van der Waals surface area contributed by atoms with E-state index in [1.54, 1.807) is 0 Å². The lowest BCUT2D eigenvalue weighted by Gasteiger charge is -2.33. The summed E-state index contributed by atoms with van der Waals surface area (Å²) in [6, 6.07) is 50.4. The molecule has 0 amide bonds. The van der Waals surface area contributed by atoms with Crippen LogP contribution < -0.4 is 0 Å². The summed E-state index contributed by atoms with van der Waals surface area (Å²) in [6.07, 6.45) is 0. The fourth-order valence-electron chi connectivity index (χ4n) is 7.74. The molecule has 1 heterocycles. The van der Waals surface area contributed by atoms with Crippen LogP contribution in [0.4, 0.5) is 0 Å². The van der Waals surface area contributed by atoms with Gasteiger partial charge in [-0.1, -0.05) is 188 Å². The largest absolute Gasteiger partial charge is 0.0881 e. The van der Waals surface area contributed by atoms with Crippen molar-refractivity contribution in [2.24, 2.45) is 0 Å². The Morgan fingerprint density at radius 1 is 0.354 bits per heavy atom. The van der Waals surface area contributed by atoms with Gasteiger partial charge in [0.15, 0.2) is 0 Å². The van der Waals surface area contributed by atoms with Crippen LogP contribution in [0.2, 0.25) is 0 Å². The molecule has 48 heavy (non-hydrogen) atoms. The van der Waals surface area contributed by atoms with Crippen molar-refractivity contribution in [3.05, 3.63) is 192 Å². The number of fused-ring (bicyclic) bond motifs is 12. The van der Waals surface area contributed by atoms with E-state index >= 15 is 0 Å². The van der Waals surface area contributed by atoms with Crippen LogP contribution in [0.1, 0.15) is 29.5 Å². The third-order valence-electron chi connectivity index (χ3n) is 9.88. The maximum atomic E-state index is 8.43. The molecule has 0 saturated carbocycles. The first-order chi connectivity index (χ1) is 25.9. The molecular formula is C47H30S. The molecule has 1 heteroatoms. The van der Waals surface area contributed by atoms with Crippen LogP contribution in [-0.2, 0) is 0 Å². The molecule has 0 atom stereocenters. The van der Waals surface area contributed by atoms with Crippen LogP contribution in [0, 0.1) is 0 Å². The van der Waals surface area contributed by atoms with Crippen molar-refractivity contribution in [2.75, 3.05) is 0 Å². The topological polar surface area (TPSA) is 0 Å². The minimum Gasteiger partial charge on any atom is -0.0881 e. The van der Waals surface area contributed by atoms with E-state index in [0.717, 1.165) is 11.1 Å². The van der Waals surface area contributed by atoms with Gasteiger partial charge in [0, 0.05) is 15.7 Å². The first-order valence-corrected chi connectivity index (χ1v) is 17.0. The van der Waals surface area contributed by atoms with Crippen LogP contribution >= 0.6 is 11.8 Å². The summed E-state index contributed by atoms with van der Waals surface area (Å²) < 4.78 is 41.1. The van der Waals surface area contributed by atoms with Crippen molar-refractivity contribution in [2.45, 2.75) is 15.7 Å². The van der Waals surface area contributed by atoms with Gasteiger partial charge in [-0.15, -0.1) is 0 Å². The molecule has 9 aromatic carbocycles. The molecule has 0 aromatic heterocycles. The van der Waals surface area contributed by atoms with Gasteiger partial charge in [-0.3, -0.25) is 0 Å². The lowest BCUT2D eigenvalue weighted by Crippen LogP contribution is -2.12. The van der Waals surface area contributed by atoms with E-state index in [1.165, 1.54) is 69.6 Å². The zero-order chi connectivity index (χ0) is 36.0. The van der Waals surface area contributed by atoms with Crippen LogP contribution in [0.15, 0.2) is 186 Å². The van der Waals surface area contributed by atoms with E-state index in [-0.39, 0.29) is 41.7 Å². The Morgan fingerprint density at radius 3 is 1.17 bits per heavy atom. The molecule has 1 aliphatic heterocycles. The van der Waals surface area contributed by atoms with Crippen molar-refractivity contribution in [1.82, 2.24) is 0 Å². The van der Waals surface area contributed by atoms with Gasteiger partial charge in [-0.25, -0.2) is 0 Å². The average Bonchev–Trinajstić information content (AvgIpc) is 3.22. The number of hydrogen-bond donors (Lipinski definition) is 0. The molecule has 10 rings (SSSR count). The van der Waals surface area contributed by atoms with E-state index in [2.05, 4.69) is 121 Å². The zero-order valence-electron chi connectivity index (χ0n) is 30.8. The van der Waals surface area contributed by atoms with Gasteiger partial charge in [0.1, 0.15) is 0 Å². The molecule has 224 valence electrons. The third-order valence-corrected chi connectivity index (χ3v) is 11.2. The quantitative estimate of drug-likeness (QED) is 0.175. The van der Waals surface area contributed by atoms with Crippen LogP contribution in [0.5, 0.6) is 0 Å². The number of benzene rings is 9. The molecule has 0 fully saturated rings. The van der Waals surface area contributed by atoms with E-state index in [9.17, 15) is 0 Å². The SMILES string of the molecule is [2H]c1c([2H])c([2H])c(-c2ccc(-c3ccc(C4c5c(c6ccccc6c6ccccc56)Sc5c4c4ccccc4c4ccccc54)cc3)cc2)c([2H])c1[2H]. The van der Waals surface area contributed by atoms with E-state index in [0.29, 0.717) is 5.56 Å². The van der Waals surface area contributed by atoms with E-state index in [4.69, 9.17) is 6.85 Å². The van der Waals surface area contributed by atoms with Gasteiger partial charge in [-0.2, -0.15) is 0 Å². The minimum absolute atomic E-state index is 0.0224. The molecule has 0 bridgehead atoms. The van der Waals surface area contributed by atoms with E-state index < -0.39 is 0 Å². The second-order valence-corrected chi connectivity index (χ2v) is 13.4. The third kappa shape index (κ3) is 4.18. The average molecular weight is 632 g/mol. The molecule has 0 aliphatic carbocycles. The Morgan fingerprint density at radius 2 is 0.708 bits per heavy atom. The van der Waals surface area contributed by atoms with Crippen molar-refractivity contribution in [3.63, 3.8) is 0 Å². The number of hydrogen-bond acceptors (Lipinski definition) is 1. The fourth-order valence-corrected chi connectivity index (χ4v) is 9.19. The minimum atomic E-state index is -0.385. The Hall–Kier alpha value is -5.63. The first-order valence-electron chi connectivity index (χ1n) is 18.7. The fraction of sp³-hybridized carbons (Fsp3) is 0.0213. The zero-order valence-corrected chi connectivity index (χ0v) is 26.7. The highest BCUT2D eigenvalue weighted by atomic mass is 32.2. The van der Waals surface area contributed by atoms with Crippen molar-refractivity contribution in [1.29, 1.82) is 0 Å². The summed E-state index contributed by atoms with van der Waals surface area (Å²) in [7, 11) is 0. The van der Waals surface area contributed by atoms with Crippen LogP contribution in [-0.4, -0.2) is 0 Å². The Bertz CT molecular complexity index is 2820. The molecule has 1 aliphatic rings. The predicted molar refractivity (Wildman–Crippen MR) is 205 cm³/mol. The second kappa shape index (κ2) is 11.0. The van der Waals surface area contributed by atoms with Gasteiger partial charge in [-0.05, 0) is 82.0 Å². The summed E-state index contributed by atoms with van der Waals surface area (Å²) in [5.74, 6) is -0.0224. The molecule has 0 radical (unpaired) electrons. The monoisotopic (exact) mass is 631 g/mol. The second-order valence-electron chi connectivity index (χ2n) is 12.4. The van der Waals surface area contributed by atoms with Crippen molar-refractivity contribution >= 4 is 54.9 Å². The first kappa shape index (κ1) is 22.8. The maximum Gasteiger partial charge on any atom is 0.0629 e. The summed E-state index contributed by atoms with van der Waals surface area (Å²) >= 11 is 1.91. The molecule has 0 nitrogen and oxygen atoms in total. The van der Waals surface area contributed by atoms with Crippen molar-refractivity contribution in [3.8, 4) is 22.3 Å². The molecule has 0 unspecified atom stereocenters. The molecule has 0 spiro atoms. The lowest BCUT2D eigenvalue weighted by atomic mass is 9.78. The summed E-state index contributed by atoms with van der Waals surface area (Å²) in [5, 5.41) is 10.1. The highest BCUT2D eigenvalue weighted by molar-refractivity contribution is 8.00. The highest BCUT2D eigenvalue weighted by Gasteiger charge is 2.34. The summed E-state index contributed by atoms with van der Waals surface area (Å²) in [5.41, 5.74) is 6.73. The summed E-state index contributed by atoms with van der Waals surface area (Å²) in [4.78, 5) is 2.62. The molecule has 0 N–H and O–H groups in total. The predicted octanol–water partition coefficient (Wildman–Crippen LogP) is 13.3. The maximum absolute atomic E-state index is 8.43. The number of rotatable bonds is 3.